The third-order valence-electron chi connectivity index (χ3n) is 3.95. The van der Waals surface area contributed by atoms with E-state index in [1.807, 2.05) is 66.7 Å². The highest BCUT2D eigenvalue weighted by molar-refractivity contribution is 5.59. The van der Waals surface area contributed by atoms with E-state index in [9.17, 15) is 0 Å². The molecule has 2 heterocycles. The zero-order valence-corrected chi connectivity index (χ0v) is 13.8. The topological polar surface area (TPSA) is 64.3 Å². The summed E-state index contributed by atoms with van der Waals surface area (Å²) in [6, 6.07) is 21.6. The quantitative estimate of drug-likeness (QED) is 0.607. The molecular formula is C19H17N5O. The molecule has 4 rings (SSSR count). The normalized spacial score (nSPS) is 10.8. The standard InChI is InChI=1S/C19H17N5O/c1-25-16-10-6-5-9-15(16)13-20-17-11-12-18-21-22-19(24(18)23-17)14-7-3-2-4-8-14/h2-12H,13H2,1H3,(H,20,23). The summed E-state index contributed by atoms with van der Waals surface area (Å²) >= 11 is 0. The molecular weight excluding hydrogens is 314 g/mol. The van der Waals surface area contributed by atoms with Gasteiger partial charge < -0.3 is 10.1 Å². The van der Waals surface area contributed by atoms with Gasteiger partial charge in [0.05, 0.1) is 7.11 Å². The van der Waals surface area contributed by atoms with Crippen LogP contribution in [0, 0.1) is 0 Å². The van der Waals surface area contributed by atoms with Crippen LogP contribution in [0.15, 0.2) is 66.7 Å². The molecule has 1 N–H and O–H groups in total. The van der Waals surface area contributed by atoms with Crippen molar-refractivity contribution in [1.29, 1.82) is 0 Å². The molecule has 6 nitrogen and oxygen atoms in total. The molecule has 2 aromatic heterocycles. The zero-order chi connectivity index (χ0) is 17.1. The van der Waals surface area contributed by atoms with E-state index in [2.05, 4.69) is 20.6 Å². The number of benzene rings is 2. The number of nitrogens with zero attached hydrogens (tertiary/aromatic N) is 4. The van der Waals surface area contributed by atoms with Gasteiger partial charge in [0.25, 0.3) is 0 Å². The number of nitrogens with one attached hydrogen (secondary N) is 1. The lowest BCUT2D eigenvalue weighted by Gasteiger charge is -2.10. The Bertz CT molecular complexity index is 997. The van der Waals surface area contributed by atoms with Gasteiger partial charge >= 0.3 is 0 Å². The first-order valence-electron chi connectivity index (χ1n) is 7.99. The van der Waals surface area contributed by atoms with E-state index < -0.39 is 0 Å². The summed E-state index contributed by atoms with van der Waals surface area (Å²) in [6.45, 7) is 0.616. The van der Waals surface area contributed by atoms with Crippen molar-refractivity contribution in [3.63, 3.8) is 0 Å². The number of para-hydroxylation sites is 1. The predicted octanol–water partition coefficient (Wildman–Crippen LogP) is 3.41. The Balaban J connectivity index is 1.63. The minimum atomic E-state index is 0.616. The van der Waals surface area contributed by atoms with Crippen LogP contribution >= 0.6 is 0 Å². The van der Waals surface area contributed by atoms with Crippen LogP contribution in [0.25, 0.3) is 17.0 Å². The molecule has 0 atom stereocenters. The number of hydrogen-bond donors (Lipinski definition) is 1. The van der Waals surface area contributed by atoms with Crippen molar-refractivity contribution in [1.82, 2.24) is 19.8 Å². The summed E-state index contributed by atoms with van der Waals surface area (Å²) in [5.41, 5.74) is 2.75. The molecule has 6 heteroatoms. The smallest absolute Gasteiger partial charge is 0.185 e. The fraction of sp³-hybridized carbons (Fsp3) is 0.105. The van der Waals surface area contributed by atoms with Crippen molar-refractivity contribution >= 4 is 11.5 Å². The zero-order valence-electron chi connectivity index (χ0n) is 13.8. The molecule has 0 fully saturated rings. The number of fused-ring (bicyclic) bond motifs is 1. The molecule has 0 radical (unpaired) electrons. The van der Waals surface area contributed by atoms with Gasteiger partial charge in [0.15, 0.2) is 11.5 Å². The summed E-state index contributed by atoms with van der Waals surface area (Å²) in [5.74, 6) is 2.32. The van der Waals surface area contributed by atoms with Gasteiger partial charge in [0.2, 0.25) is 0 Å². The lowest BCUT2D eigenvalue weighted by atomic mass is 10.2. The Morgan fingerprint density at radius 1 is 0.920 bits per heavy atom. The van der Waals surface area contributed by atoms with Crippen LogP contribution in [0.5, 0.6) is 5.75 Å². The van der Waals surface area contributed by atoms with Gasteiger partial charge in [-0.25, -0.2) is 0 Å². The number of hydrogen-bond acceptors (Lipinski definition) is 5. The maximum Gasteiger partial charge on any atom is 0.185 e. The van der Waals surface area contributed by atoms with Crippen LogP contribution in [0.1, 0.15) is 5.56 Å². The van der Waals surface area contributed by atoms with Crippen LogP contribution in [0.4, 0.5) is 5.82 Å². The average Bonchev–Trinajstić information content (AvgIpc) is 3.10. The van der Waals surface area contributed by atoms with Crippen molar-refractivity contribution in [2.45, 2.75) is 6.54 Å². The molecule has 0 bridgehead atoms. The lowest BCUT2D eigenvalue weighted by Crippen LogP contribution is -2.05. The first-order valence-corrected chi connectivity index (χ1v) is 7.99. The van der Waals surface area contributed by atoms with Gasteiger partial charge in [-0.05, 0) is 18.2 Å². The van der Waals surface area contributed by atoms with E-state index in [-0.39, 0.29) is 0 Å². The molecule has 0 unspecified atom stereocenters. The van der Waals surface area contributed by atoms with Gasteiger partial charge in [-0.2, -0.15) is 4.52 Å². The second-order valence-corrected chi connectivity index (χ2v) is 5.54. The number of ether oxygens (including phenoxy) is 1. The molecule has 0 aliphatic rings. The van der Waals surface area contributed by atoms with E-state index in [0.717, 1.165) is 28.5 Å². The van der Waals surface area contributed by atoms with Crippen molar-refractivity contribution < 1.29 is 4.74 Å². The molecule has 0 saturated carbocycles. The summed E-state index contributed by atoms with van der Waals surface area (Å²) in [4.78, 5) is 0. The summed E-state index contributed by atoms with van der Waals surface area (Å²) in [7, 11) is 1.67. The minimum Gasteiger partial charge on any atom is -0.496 e. The Labute approximate surface area is 145 Å². The third-order valence-corrected chi connectivity index (χ3v) is 3.95. The molecule has 0 aliphatic carbocycles. The molecule has 0 spiro atoms. The van der Waals surface area contributed by atoms with Crippen LogP contribution in [0.3, 0.4) is 0 Å². The summed E-state index contributed by atoms with van der Waals surface area (Å²) in [5, 5.41) is 16.4. The minimum absolute atomic E-state index is 0.616. The van der Waals surface area contributed by atoms with E-state index in [4.69, 9.17) is 4.74 Å². The number of aromatic nitrogens is 4. The van der Waals surface area contributed by atoms with Crippen molar-refractivity contribution in [3.05, 3.63) is 72.3 Å². The van der Waals surface area contributed by atoms with E-state index in [1.54, 1.807) is 11.6 Å². The Morgan fingerprint density at radius 3 is 2.56 bits per heavy atom. The van der Waals surface area contributed by atoms with Gasteiger partial charge in [0, 0.05) is 17.7 Å². The summed E-state index contributed by atoms with van der Waals surface area (Å²) in [6.07, 6.45) is 0. The number of methoxy groups -OCH3 is 1. The highest BCUT2D eigenvalue weighted by Gasteiger charge is 2.10. The van der Waals surface area contributed by atoms with Gasteiger partial charge in [-0.3, -0.25) is 0 Å². The van der Waals surface area contributed by atoms with Gasteiger partial charge in [-0.1, -0.05) is 48.5 Å². The average molecular weight is 331 g/mol. The molecule has 0 aliphatic heterocycles. The van der Waals surface area contributed by atoms with Crippen LogP contribution < -0.4 is 10.1 Å². The lowest BCUT2D eigenvalue weighted by molar-refractivity contribution is 0.410. The molecule has 0 saturated heterocycles. The van der Waals surface area contributed by atoms with E-state index in [1.165, 1.54) is 0 Å². The molecule has 0 amide bonds. The molecule has 2 aromatic carbocycles. The SMILES string of the molecule is COc1ccccc1CNc1ccc2nnc(-c3ccccc3)n2n1. The Kier molecular flexibility index (Phi) is 4.00. The molecule has 4 aromatic rings. The largest absolute Gasteiger partial charge is 0.496 e. The molecule has 124 valence electrons. The maximum atomic E-state index is 5.38. The maximum absolute atomic E-state index is 5.38. The van der Waals surface area contributed by atoms with E-state index in [0.29, 0.717) is 12.2 Å². The monoisotopic (exact) mass is 331 g/mol. The van der Waals surface area contributed by atoms with Crippen LogP contribution in [0.2, 0.25) is 0 Å². The predicted molar refractivity (Wildman–Crippen MR) is 96.5 cm³/mol. The highest BCUT2D eigenvalue weighted by Crippen LogP contribution is 2.20. The fourth-order valence-electron chi connectivity index (χ4n) is 2.69. The first kappa shape index (κ1) is 15.1. The molecule has 25 heavy (non-hydrogen) atoms. The third kappa shape index (κ3) is 3.01. The van der Waals surface area contributed by atoms with E-state index >= 15 is 0 Å². The van der Waals surface area contributed by atoms with Crippen LogP contribution in [-0.2, 0) is 6.54 Å². The van der Waals surface area contributed by atoms with Crippen LogP contribution in [-0.4, -0.2) is 26.9 Å². The van der Waals surface area contributed by atoms with Crippen molar-refractivity contribution in [2.24, 2.45) is 0 Å². The van der Waals surface area contributed by atoms with Crippen molar-refractivity contribution in [3.8, 4) is 17.1 Å². The first-order chi connectivity index (χ1) is 12.3. The highest BCUT2D eigenvalue weighted by atomic mass is 16.5. The Morgan fingerprint density at radius 2 is 1.72 bits per heavy atom. The van der Waals surface area contributed by atoms with Crippen molar-refractivity contribution in [2.75, 3.05) is 12.4 Å². The van der Waals surface area contributed by atoms with Gasteiger partial charge in [-0.15, -0.1) is 15.3 Å². The van der Waals surface area contributed by atoms with Gasteiger partial charge in [0.1, 0.15) is 11.6 Å². The second kappa shape index (κ2) is 6.60. The fourth-order valence-corrected chi connectivity index (χ4v) is 2.69. The second-order valence-electron chi connectivity index (χ2n) is 5.54. The summed E-state index contributed by atoms with van der Waals surface area (Å²) < 4.78 is 7.13. The number of anilines is 1. The Hall–Kier alpha value is -3.41. The number of rotatable bonds is 5.